The van der Waals surface area contributed by atoms with Gasteiger partial charge in [-0.25, -0.2) is 28.7 Å². The summed E-state index contributed by atoms with van der Waals surface area (Å²) < 4.78 is 33.8. The van der Waals surface area contributed by atoms with E-state index in [1.807, 2.05) is 6.92 Å². The van der Waals surface area contributed by atoms with E-state index < -0.39 is 23.6 Å². The molecule has 1 aliphatic heterocycles. The number of fused-ring (bicyclic) bond motifs is 1. The molecule has 0 spiro atoms. The van der Waals surface area contributed by atoms with Crippen molar-refractivity contribution in [2.45, 2.75) is 19.4 Å². The second-order valence-corrected chi connectivity index (χ2v) is 6.11. The number of benzene rings is 1. The van der Waals surface area contributed by atoms with Crippen LogP contribution >= 0.6 is 0 Å². The van der Waals surface area contributed by atoms with E-state index in [1.54, 1.807) is 6.07 Å². The lowest BCUT2D eigenvalue weighted by atomic mass is 10.0. The molecule has 0 aliphatic carbocycles. The van der Waals surface area contributed by atoms with Crippen molar-refractivity contribution >= 4 is 11.7 Å². The number of hydrogen-bond donors (Lipinski definition) is 0. The molecule has 2 aromatic heterocycles. The fourth-order valence-electron chi connectivity index (χ4n) is 3.29. The van der Waals surface area contributed by atoms with Crippen LogP contribution in [0.5, 0.6) is 5.75 Å². The van der Waals surface area contributed by atoms with Crippen LogP contribution in [0.25, 0.3) is 11.6 Å². The molecule has 28 heavy (non-hydrogen) atoms. The predicted molar refractivity (Wildman–Crippen MR) is 95.8 cm³/mol. The topological polar surface area (TPSA) is 81.1 Å². The Bertz CT molecular complexity index is 1060. The first-order valence-electron chi connectivity index (χ1n) is 8.56. The van der Waals surface area contributed by atoms with Crippen LogP contribution in [0.15, 0.2) is 36.8 Å². The maximum absolute atomic E-state index is 14.6. The van der Waals surface area contributed by atoms with E-state index in [4.69, 9.17) is 4.74 Å². The van der Waals surface area contributed by atoms with Crippen molar-refractivity contribution in [1.82, 2.24) is 19.9 Å². The highest BCUT2D eigenvalue weighted by Gasteiger charge is 2.40. The summed E-state index contributed by atoms with van der Waals surface area (Å²) in [6.07, 6.45) is 4.42. The van der Waals surface area contributed by atoms with Gasteiger partial charge in [-0.15, -0.1) is 0 Å². The quantitative estimate of drug-likeness (QED) is 0.687. The molecule has 3 aromatic rings. The number of carbonyl (C=O) groups is 1. The van der Waals surface area contributed by atoms with E-state index in [0.717, 1.165) is 6.20 Å². The summed E-state index contributed by atoms with van der Waals surface area (Å²) in [5.41, 5.74) is 0.710. The van der Waals surface area contributed by atoms with Crippen LogP contribution in [0.4, 0.5) is 14.6 Å². The highest BCUT2D eigenvalue weighted by Crippen LogP contribution is 2.41. The number of rotatable bonds is 4. The lowest BCUT2D eigenvalue weighted by Gasteiger charge is -2.23. The number of hydrogen-bond acceptors (Lipinski definition) is 6. The molecule has 0 bridgehead atoms. The Balaban J connectivity index is 1.84. The Morgan fingerprint density at radius 1 is 1.11 bits per heavy atom. The molecular formula is C19H15F2N5O2. The Hall–Kier alpha value is -3.49. The Labute approximate surface area is 159 Å². The first-order chi connectivity index (χ1) is 13.5. The normalized spacial score (nSPS) is 15.6. The zero-order valence-corrected chi connectivity index (χ0v) is 15.1. The molecule has 1 atom stereocenters. The SMILES string of the molecule is CCC1c2cc(F)c(OC)cc2C(=O)N1c1nc(-c2ncccn2)ncc1F. The van der Waals surface area contributed by atoms with Gasteiger partial charge in [-0.3, -0.25) is 9.69 Å². The van der Waals surface area contributed by atoms with Crippen LogP contribution in [-0.4, -0.2) is 33.0 Å². The minimum atomic E-state index is -0.772. The van der Waals surface area contributed by atoms with Crippen molar-refractivity contribution in [3.63, 3.8) is 0 Å². The molecule has 0 saturated heterocycles. The van der Waals surface area contributed by atoms with Gasteiger partial charge in [0.2, 0.25) is 0 Å². The van der Waals surface area contributed by atoms with Crippen molar-refractivity contribution in [3.05, 3.63) is 59.6 Å². The summed E-state index contributed by atoms with van der Waals surface area (Å²) in [6.45, 7) is 1.82. The number of halogens is 2. The van der Waals surface area contributed by atoms with Crippen LogP contribution in [0.3, 0.4) is 0 Å². The second kappa shape index (κ2) is 6.91. The monoisotopic (exact) mass is 383 g/mol. The first-order valence-corrected chi connectivity index (χ1v) is 8.56. The third kappa shape index (κ3) is 2.75. The number of carbonyl (C=O) groups excluding carboxylic acids is 1. The largest absolute Gasteiger partial charge is 0.494 e. The van der Waals surface area contributed by atoms with Crippen LogP contribution < -0.4 is 9.64 Å². The number of aromatic nitrogens is 4. The number of ether oxygens (including phenoxy) is 1. The summed E-state index contributed by atoms with van der Waals surface area (Å²) in [6, 6.07) is 3.64. The van der Waals surface area contributed by atoms with Crippen LogP contribution in [0.1, 0.15) is 35.3 Å². The van der Waals surface area contributed by atoms with E-state index in [9.17, 15) is 13.6 Å². The van der Waals surface area contributed by atoms with Gasteiger partial charge >= 0.3 is 0 Å². The maximum atomic E-state index is 14.6. The highest BCUT2D eigenvalue weighted by molar-refractivity contribution is 6.11. The summed E-state index contributed by atoms with van der Waals surface area (Å²) in [4.78, 5) is 30.5. The van der Waals surface area contributed by atoms with Crippen molar-refractivity contribution < 1.29 is 18.3 Å². The van der Waals surface area contributed by atoms with E-state index in [1.165, 1.54) is 36.5 Å². The lowest BCUT2D eigenvalue weighted by molar-refractivity contribution is 0.0988. The van der Waals surface area contributed by atoms with Crippen molar-refractivity contribution in [2.24, 2.45) is 0 Å². The average Bonchev–Trinajstić information content (AvgIpc) is 2.99. The van der Waals surface area contributed by atoms with Gasteiger partial charge in [-0.2, -0.15) is 0 Å². The van der Waals surface area contributed by atoms with Crippen LogP contribution in [0.2, 0.25) is 0 Å². The minimum absolute atomic E-state index is 0.0506. The smallest absolute Gasteiger partial charge is 0.260 e. The molecule has 7 nitrogen and oxygen atoms in total. The third-order valence-corrected chi connectivity index (χ3v) is 4.55. The molecule has 0 radical (unpaired) electrons. The van der Waals surface area contributed by atoms with Gasteiger partial charge in [0.15, 0.2) is 34.9 Å². The van der Waals surface area contributed by atoms with Gasteiger partial charge < -0.3 is 4.74 Å². The molecule has 1 amide bonds. The van der Waals surface area contributed by atoms with Crippen molar-refractivity contribution in [1.29, 1.82) is 0 Å². The maximum Gasteiger partial charge on any atom is 0.260 e. The molecule has 4 rings (SSSR count). The molecule has 1 aromatic carbocycles. The first kappa shape index (κ1) is 17.9. The van der Waals surface area contributed by atoms with Crippen molar-refractivity contribution in [2.75, 3.05) is 12.0 Å². The lowest BCUT2D eigenvalue weighted by Crippen LogP contribution is -2.29. The third-order valence-electron chi connectivity index (χ3n) is 4.55. The Kier molecular flexibility index (Phi) is 4.42. The molecule has 0 N–H and O–H groups in total. The summed E-state index contributed by atoms with van der Waals surface area (Å²) >= 11 is 0. The Morgan fingerprint density at radius 2 is 1.86 bits per heavy atom. The molecule has 1 aliphatic rings. The predicted octanol–water partition coefficient (Wildman–Crippen LogP) is 3.33. The second-order valence-electron chi connectivity index (χ2n) is 6.11. The number of nitrogens with zero attached hydrogens (tertiary/aromatic N) is 5. The number of amides is 1. The molecule has 3 heterocycles. The molecule has 9 heteroatoms. The molecule has 142 valence electrons. The molecule has 1 unspecified atom stereocenters. The average molecular weight is 383 g/mol. The standard InChI is InChI=1S/C19H15F2N5O2/c1-3-14-10-7-12(20)15(28-2)8-11(10)19(27)26(14)18-13(21)9-24-17(25-18)16-22-5-4-6-23-16/h4-9,14H,3H2,1-2H3. The fraction of sp³-hybridized carbons (Fsp3) is 0.211. The van der Waals surface area contributed by atoms with E-state index in [-0.39, 0.29) is 28.8 Å². The molecule has 0 saturated carbocycles. The zero-order valence-electron chi connectivity index (χ0n) is 15.1. The molecular weight excluding hydrogens is 368 g/mol. The van der Waals surface area contributed by atoms with Crippen molar-refractivity contribution in [3.8, 4) is 17.4 Å². The zero-order chi connectivity index (χ0) is 19.8. The van der Waals surface area contributed by atoms with Gasteiger partial charge in [0.1, 0.15) is 0 Å². The van der Waals surface area contributed by atoms with E-state index in [0.29, 0.717) is 12.0 Å². The van der Waals surface area contributed by atoms with Gasteiger partial charge in [0.25, 0.3) is 5.91 Å². The van der Waals surface area contributed by atoms with Gasteiger partial charge in [0, 0.05) is 18.0 Å². The highest BCUT2D eigenvalue weighted by atomic mass is 19.1. The van der Waals surface area contributed by atoms with Gasteiger partial charge in [-0.1, -0.05) is 6.92 Å². The Morgan fingerprint density at radius 3 is 2.54 bits per heavy atom. The fourth-order valence-corrected chi connectivity index (χ4v) is 3.29. The summed E-state index contributed by atoms with van der Waals surface area (Å²) in [5.74, 6) is -1.82. The summed E-state index contributed by atoms with van der Waals surface area (Å²) in [5, 5.41) is 0. The number of anilines is 1. The van der Waals surface area contributed by atoms with E-state index >= 15 is 0 Å². The van der Waals surface area contributed by atoms with Crippen LogP contribution in [-0.2, 0) is 0 Å². The van der Waals surface area contributed by atoms with E-state index in [2.05, 4.69) is 19.9 Å². The van der Waals surface area contributed by atoms with Crippen LogP contribution in [0, 0.1) is 11.6 Å². The molecule has 0 fully saturated rings. The summed E-state index contributed by atoms with van der Waals surface area (Å²) in [7, 11) is 1.32. The minimum Gasteiger partial charge on any atom is -0.494 e. The number of methoxy groups -OCH3 is 1. The van der Waals surface area contributed by atoms with Gasteiger partial charge in [-0.05, 0) is 30.2 Å². The van der Waals surface area contributed by atoms with Gasteiger partial charge in [0.05, 0.1) is 19.3 Å².